The van der Waals surface area contributed by atoms with Crippen molar-refractivity contribution in [2.75, 3.05) is 13.7 Å². The Kier molecular flexibility index (Phi) is 4.83. The second kappa shape index (κ2) is 6.80. The first-order valence-electron chi connectivity index (χ1n) is 6.75. The lowest BCUT2D eigenvalue weighted by molar-refractivity contribution is 0.285. The molecule has 0 aliphatic carbocycles. The van der Waals surface area contributed by atoms with Gasteiger partial charge in [0.1, 0.15) is 5.76 Å². The molecule has 21 heavy (non-hydrogen) atoms. The summed E-state index contributed by atoms with van der Waals surface area (Å²) in [5.41, 5.74) is 1.62. The van der Waals surface area contributed by atoms with E-state index in [1.165, 1.54) is 0 Å². The minimum absolute atomic E-state index is 0.286. The van der Waals surface area contributed by atoms with Crippen molar-refractivity contribution in [2.45, 2.75) is 26.2 Å². The van der Waals surface area contributed by atoms with Gasteiger partial charge in [0.25, 0.3) is 0 Å². The molecule has 0 amide bonds. The number of aryl methyl sites for hydroxylation is 2. The first kappa shape index (κ1) is 14.9. The van der Waals surface area contributed by atoms with Crippen LogP contribution in [0, 0.1) is 25.2 Å². The van der Waals surface area contributed by atoms with E-state index in [-0.39, 0.29) is 5.92 Å². The molecule has 0 saturated carbocycles. The maximum Gasteiger partial charge on any atom is 0.161 e. The highest BCUT2D eigenvalue weighted by molar-refractivity contribution is 5.39. The zero-order valence-corrected chi connectivity index (χ0v) is 12.4. The van der Waals surface area contributed by atoms with Gasteiger partial charge >= 0.3 is 0 Å². The van der Waals surface area contributed by atoms with E-state index in [0.29, 0.717) is 30.3 Å². The molecule has 5 nitrogen and oxygen atoms in total. The Labute approximate surface area is 124 Å². The number of nitriles is 1. The van der Waals surface area contributed by atoms with E-state index in [1.54, 1.807) is 7.11 Å². The summed E-state index contributed by atoms with van der Waals surface area (Å²) in [7, 11) is 1.60. The molecule has 1 aromatic carbocycles. The molecule has 2 rings (SSSR count). The molecule has 0 spiro atoms. The fourth-order valence-corrected chi connectivity index (χ4v) is 2.29. The summed E-state index contributed by atoms with van der Waals surface area (Å²) < 4.78 is 16.1. The lowest BCUT2D eigenvalue weighted by Gasteiger charge is -2.12. The third kappa shape index (κ3) is 3.34. The van der Waals surface area contributed by atoms with Gasteiger partial charge < -0.3 is 14.0 Å². The summed E-state index contributed by atoms with van der Waals surface area (Å²) in [5.74, 6) is 1.76. The third-order valence-corrected chi connectivity index (χ3v) is 3.33. The number of hydrogen-bond acceptors (Lipinski definition) is 5. The van der Waals surface area contributed by atoms with Crippen molar-refractivity contribution in [3.05, 3.63) is 41.3 Å². The Bertz CT molecular complexity index is 624. The molecule has 0 bridgehead atoms. The molecule has 1 heterocycles. The molecule has 0 aliphatic heterocycles. The van der Waals surface area contributed by atoms with E-state index in [2.05, 4.69) is 11.2 Å². The first-order valence-corrected chi connectivity index (χ1v) is 6.75. The van der Waals surface area contributed by atoms with Crippen molar-refractivity contribution in [3.63, 3.8) is 0 Å². The molecule has 1 atom stereocenters. The topological polar surface area (TPSA) is 68.3 Å². The smallest absolute Gasteiger partial charge is 0.161 e. The molecule has 0 fully saturated rings. The largest absolute Gasteiger partial charge is 0.493 e. The fraction of sp³-hybridized carbons (Fsp3) is 0.375. The Morgan fingerprint density at radius 1 is 1.29 bits per heavy atom. The van der Waals surface area contributed by atoms with Crippen molar-refractivity contribution >= 4 is 0 Å². The minimum atomic E-state index is -0.286. The second-order valence-corrected chi connectivity index (χ2v) is 4.71. The van der Waals surface area contributed by atoms with E-state index in [0.717, 1.165) is 11.3 Å². The van der Waals surface area contributed by atoms with Gasteiger partial charge in [-0.15, -0.1) is 0 Å². The lowest BCUT2D eigenvalue weighted by atomic mass is 9.96. The van der Waals surface area contributed by atoms with Crippen molar-refractivity contribution in [3.8, 4) is 17.6 Å². The molecular formula is C16H18N2O3. The van der Waals surface area contributed by atoms with Gasteiger partial charge in [0.2, 0.25) is 0 Å². The zero-order chi connectivity index (χ0) is 15.2. The molecule has 0 radical (unpaired) electrons. The summed E-state index contributed by atoms with van der Waals surface area (Å²) in [5, 5.41) is 13.2. The number of methoxy groups -OCH3 is 1. The summed E-state index contributed by atoms with van der Waals surface area (Å²) in [6.07, 6.45) is 0.567. The number of rotatable bonds is 6. The highest BCUT2D eigenvalue weighted by Gasteiger charge is 2.20. The summed E-state index contributed by atoms with van der Waals surface area (Å²) in [4.78, 5) is 0. The monoisotopic (exact) mass is 286 g/mol. The zero-order valence-electron chi connectivity index (χ0n) is 12.4. The van der Waals surface area contributed by atoms with E-state index in [4.69, 9.17) is 14.0 Å². The average Bonchev–Trinajstić information content (AvgIpc) is 2.84. The average molecular weight is 286 g/mol. The van der Waals surface area contributed by atoms with Crippen LogP contribution >= 0.6 is 0 Å². The number of para-hydroxylation sites is 2. The predicted octanol–water partition coefficient (Wildman–Crippen LogP) is 3.38. The van der Waals surface area contributed by atoms with Gasteiger partial charge in [0, 0.05) is 12.0 Å². The normalized spacial score (nSPS) is 11.7. The van der Waals surface area contributed by atoms with E-state index < -0.39 is 0 Å². The number of hydrogen-bond donors (Lipinski definition) is 0. The highest BCUT2D eigenvalue weighted by atomic mass is 16.5. The van der Waals surface area contributed by atoms with Crippen LogP contribution in [0.1, 0.15) is 29.4 Å². The fourth-order valence-electron chi connectivity index (χ4n) is 2.29. The van der Waals surface area contributed by atoms with Gasteiger partial charge in [-0.25, -0.2) is 0 Å². The first-order chi connectivity index (χ1) is 10.2. The summed E-state index contributed by atoms with van der Waals surface area (Å²) in [6, 6.07) is 9.74. The number of nitrogens with zero attached hydrogens (tertiary/aromatic N) is 2. The molecule has 0 saturated heterocycles. The van der Waals surface area contributed by atoms with Crippen LogP contribution in [0.25, 0.3) is 0 Å². The lowest BCUT2D eigenvalue weighted by Crippen LogP contribution is -2.06. The van der Waals surface area contributed by atoms with Gasteiger partial charge in [-0.3, -0.25) is 0 Å². The quantitative estimate of drug-likeness (QED) is 0.814. The van der Waals surface area contributed by atoms with Crippen molar-refractivity contribution in [2.24, 2.45) is 0 Å². The van der Waals surface area contributed by atoms with E-state index >= 15 is 0 Å². The molecule has 110 valence electrons. The Balaban J connectivity index is 2.00. The van der Waals surface area contributed by atoms with Crippen LogP contribution < -0.4 is 9.47 Å². The number of aromatic nitrogens is 1. The van der Waals surface area contributed by atoms with Crippen LogP contribution in [0.5, 0.6) is 11.5 Å². The van der Waals surface area contributed by atoms with Crippen LogP contribution in [-0.4, -0.2) is 18.9 Å². The maximum atomic E-state index is 9.34. The highest BCUT2D eigenvalue weighted by Crippen LogP contribution is 2.28. The van der Waals surface area contributed by atoms with Crippen molar-refractivity contribution in [1.29, 1.82) is 5.26 Å². The van der Waals surface area contributed by atoms with Gasteiger partial charge in [-0.2, -0.15) is 5.26 Å². The molecule has 2 aromatic rings. The Morgan fingerprint density at radius 3 is 2.57 bits per heavy atom. The van der Waals surface area contributed by atoms with Gasteiger partial charge in [0.15, 0.2) is 11.5 Å². The van der Waals surface area contributed by atoms with E-state index in [9.17, 15) is 5.26 Å². The predicted molar refractivity (Wildman–Crippen MR) is 77.4 cm³/mol. The van der Waals surface area contributed by atoms with Crippen molar-refractivity contribution in [1.82, 2.24) is 5.16 Å². The second-order valence-electron chi connectivity index (χ2n) is 4.71. The standard InChI is InChI=1S/C16H18N2O3/c1-11-16(12(2)21-18-11)13(10-17)8-9-20-15-7-5-4-6-14(15)19-3/h4-7,13H,8-9H2,1-3H3. The van der Waals surface area contributed by atoms with Crippen LogP contribution in [0.3, 0.4) is 0 Å². The summed E-state index contributed by atoms with van der Waals surface area (Å²) >= 11 is 0. The number of benzene rings is 1. The Hall–Kier alpha value is -2.48. The molecule has 1 unspecified atom stereocenters. The van der Waals surface area contributed by atoms with Crippen molar-refractivity contribution < 1.29 is 14.0 Å². The molecule has 5 heteroatoms. The minimum Gasteiger partial charge on any atom is -0.493 e. The van der Waals surface area contributed by atoms with Crippen LogP contribution in [0.2, 0.25) is 0 Å². The van der Waals surface area contributed by atoms with Gasteiger partial charge in [-0.05, 0) is 26.0 Å². The molecular weight excluding hydrogens is 268 g/mol. The number of ether oxygens (including phenoxy) is 2. The van der Waals surface area contributed by atoms with Crippen LogP contribution in [0.4, 0.5) is 0 Å². The van der Waals surface area contributed by atoms with Crippen LogP contribution in [-0.2, 0) is 0 Å². The molecule has 0 aliphatic rings. The molecule has 0 N–H and O–H groups in total. The van der Waals surface area contributed by atoms with E-state index in [1.807, 2.05) is 38.1 Å². The molecule has 1 aromatic heterocycles. The third-order valence-electron chi connectivity index (χ3n) is 3.33. The maximum absolute atomic E-state index is 9.34. The van der Waals surface area contributed by atoms with Gasteiger partial charge in [0.05, 0.1) is 31.4 Å². The van der Waals surface area contributed by atoms with Crippen LogP contribution in [0.15, 0.2) is 28.8 Å². The van der Waals surface area contributed by atoms with Gasteiger partial charge in [-0.1, -0.05) is 17.3 Å². The SMILES string of the molecule is COc1ccccc1OCCC(C#N)c1c(C)noc1C. The summed E-state index contributed by atoms with van der Waals surface area (Å²) in [6.45, 7) is 4.08. The Morgan fingerprint density at radius 2 is 2.00 bits per heavy atom.